The summed E-state index contributed by atoms with van der Waals surface area (Å²) in [6.45, 7) is 4.81. The van der Waals surface area contributed by atoms with Crippen LogP contribution in [0.1, 0.15) is 36.8 Å². The quantitative estimate of drug-likeness (QED) is 0.523. The first-order chi connectivity index (χ1) is 13.1. The molecule has 5 heteroatoms. The van der Waals surface area contributed by atoms with E-state index in [-0.39, 0.29) is 0 Å². The van der Waals surface area contributed by atoms with Crippen molar-refractivity contribution in [2.75, 3.05) is 6.61 Å². The highest BCUT2D eigenvalue weighted by Crippen LogP contribution is 2.34. The van der Waals surface area contributed by atoms with Crippen molar-refractivity contribution in [3.63, 3.8) is 0 Å². The zero-order valence-electron chi connectivity index (χ0n) is 15.7. The number of nitrogens with zero attached hydrogens (tertiary/aromatic N) is 2. The molecule has 0 bridgehead atoms. The summed E-state index contributed by atoms with van der Waals surface area (Å²) in [4.78, 5) is 4.58. The maximum Gasteiger partial charge on any atom is 0.259 e. The monoisotopic (exact) mass is 382 g/mol. The van der Waals surface area contributed by atoms with Crippen LogP contribution in [0.25, 0.3) is 22.8 Å². The molecule has 4 rings (SSSR count). The van der Waals surface area contributed by atoms with E-state index in [1.54, 1.807) is 0 Å². The molecule has 1 heterocycles. The Hall–Kier alpha value is -2.33. The normalized spacial score (nSPS) is 14.6. The van der Waals surface area contributed by atoms with Crippen molar-refractivity contribution in [1.82, 2.24) is 10.1 Å². The number of ether oxygens (including phenoxy) is 1. The summed E-state index contributed by atoms with van der Waals surface area (Å²) in [5, 5.41) is 4.78. The summed E-state index contributed by atoms with van der Waals surface area (Å²) in [7, 11) is 0. The van der Waals surface area contributed by atoms with Crippen LogP contribution in [0.15, 0.2) is 40.9 Å². The van der Waals surface area contributed by atoms with Gasteiger partial charge >= 0.3 is 0 Å². The molecule has 1 aliphatic carbocycles. The van der Waals surface area contributed by atoms with Crippen molar-refractivity contribution in [3.05, 3.63) is 52.5 Å². The maximum atomic E-state index is 6.39. The second kappa shape index (κ2) is 7.73. The fraction of sp³-hybridized carbons (Fsp3) is 0.364. The summed E-state index contributed by atoms with van der Waals surface area (Å²) in [5.74, 6) is 2.38. The molecule has 0 saturated heterocycles. The van der Waals surface area contributed by atoms with Gasteiger partial charge in [-0.3, -0.25) is 0 Å². The molecular formula is C22H23ClN2O2. The Labute approximate surface area is 164 Å². The SMILES string of the molecule is Cc1cc(Cl)c(-c2nc(-c3ccccc3OCC3CCCC3)no2)cc1C. The van der Waals surface area contributed by atoms with E-state index < -0.39 is 0 Å². The third kappa shape index (κ3) is 3.86. The van der Waals surface area contributed by atoms with Gasteiger partial charge in [0.25, 0.3) is 5.89 Å². The van der Waals surface area contributed by atoms with Crippen molar-refractivity contribution < 1.29 is 9.26 Å². The van der Waals surface area contributed by atoms with E-state index >= 15 is 0 Å². The Morgan fingerprint density at radius 3 is 2.63 bits per heavy atom. The van der Waals surface area contributed by atoms with E-state index in [1.165, 1.54) is 25.7 Å². The fourth-order valence-corrected chi connectivity index (χ4v) is 3.85. The van der Waals surface area contributed by atoms with Crippen molar-refractivity contribution in [1.29, 1.82) is 0 Å². The Kier molecular flexibility index (Phi) is 5.17. The van der Waals surface area contributed by atoms with Crippen LogP contribution in [0, 0.1) is 19.8 Å². The molecule has 0 unspecified atom stereocenters. The van der Waals surface area contributed by atoms with Gasteiger partial charge in [-0.25, -0.2) is 0 Å². The number of aromatic nitrogens is 2. The van der Waals surface area contributed by atoms with Gasteiger partial charge in [0.1, 0.15) is 5.75 Å². The second-order valence-corrected chi connectivity index (χ2v) is 7.70. The zero-order chi connectivity index (χ0) is 18.8. The minimum atomic E-state index is 0.420. The predicted octanol–water partition coefficient (Wildman–Crippen LogP) is 6.24. The van der Waals surface area contributed by atoms with Crippen LogP contribution in [-0.2, 0) is 0 Å². The lowest BCUT2D eigenvalue weighted by molar-refractivity contribution is 0.253. The van der Waals surface area contributed by atoms with Crippen molar-refractivity contribution in [2.24, 2.45) is 5.92 Å². The average Bonchev–Trinajstić information content (AvgIpc) is 3.35. The first-order valence-corrected chi connectivity index (χ1v) is 9.82. The van der Waals surface area contributed by atoms with E-state index in [0.717, 1.165) is 34.6 Å². The van der Waals surface area contributed by atoms with Crippen LogP contribution >= 0.6 is 11.6 Å². The summed E-state index contributed by atoms with van der Waals surface area (Å²) in [5.41, 5.74) is 3.86. The Morgan fingerprint density at radius 2 is 1.81 bits per heavy atom. The third-order valence-corrected chi connectivity index (χ3v) is 5.63. The molecule has 0 N–H and O–H groups in total. The number of rotatable bonds is 5. The summed E-state index contributed by atoms with van der Waals surface area (Å²) in [6, 6.07) is 11.8. The standard InChI is InChI=1S/C22H23ClN2O2/c1-14-11-18(19(23)12-15(14)2)22-24-21(25-27-22)17-9-5-6-10-20(17)26-13-16-7-3-4-8-16/h5-6,9-12,16H,3-4,7-8,13H2,1-2H3. The van der Waals surface area contributed by atoms with Crippen LogP contribution in [0.5, 0.6) is 5.75 Å². The number of hydrogen-bond donors (Lipinski definition) is 0. The van der Waals surface area contributed by atoms with Gasteiger partial charge in [-0.15, -0.1) is 0 Å². The first kappa shape index (κ1) is 18.1. The highest BCUT2D eigenvalue weighted by molar-refractivity contribution is 6.33. The lowest BCUT2D eigenvalue weighted by atomic mass is 10.1. The Balaban J connectivity index is 1.61. The van der Waals surface area contributed by atoms with Gasteiger partial charge in [0.05, 0.1) is 22.8 Å². The molecule has 2 aromatic carbocycles. The molecular weight excluding hydrogens is 360 g/mol. The predicted molar refractivity (Wildman–Crippen MR) is 107 cm³/mol. The average molecular weight is 383 g/mol. The largest absolute Gasteiger partial charge is 0.493 e. The van der Waals surface area contributed by atoms with Crippen LogP contribution in [0.2, 0.25) is 5.02 Å². The lowest BCUT2D eigenvalue weighted by Gasteiger charge is -2.13. The minimum Gasteiger partial charge on any atom is -0.493 e. The molecule has 1 aliphatic rings. The summed E-state index contributed by atoms with van der Waals surface area (Å²) >= 11 is 6.39. The van der Waals surface area contributed by atoms with Crippen molar-refractivity contribution in [2.45, 2.75) is 39.5 Å². The summed E-state index contributed by atoms with van der Waals surface area (Å²) < 4.78 is 11.6. The molecule has 4 nitrogen and oxygen atoms in total. The number of halogens is 1. The van der Waals surface area contributed by atoms with Gasteiger partial charge in [0.15, 0.2) is 0 Å². The molecule has 140 valence electrons. The van der Waals surface area contributed by atoms with Gasteiger partial charge < -0.3 is 9.26 Å². The van der Waals surface area contributed by atoms with E-state index in [1.807, 2.05) is 50.2 Å². The minimum absolute atomic E-state index is 0.420. The maximum absolute atomic E-state index is 6.39. The van der Waals surface area contributed by atoms with Gasteiger partial charge in [-0.2, -0.15) is 4.98 Å². The molecule has 0 amide bonds. The number of aryl methyl sites for hydroxylation is 2. The molecule has 1 fully saturated rings. The fourth-order valence-electron chi connectivity index (χ4n) is 3.55. The van der Waals surface area contributed by atoms with E-state index in [0.29, 0.717) is 22.7 Å². The van der Waals surface area contributed by atoms with Crippen LogP contribution in [0.3, 0.4) is 0 Å². The van der Waals surface area contributed by atoms with Crippen molar-refractivity contribution >= 4 is 11.6 Å². The van der Waals surface area contributed by atoms with Gasteiger partial charge in [-0.05, 0) is 68.0 Å². The zero-order valence-corrected chi connectivity index (χ0v) is 16.4. The number of para-hydroxylation sites is 1. The molecule has 1 aromatic heterocycles. The molecule has 0 atom stereocenters. The molecule has 0 aliphatic heterocycles. The van der Waals surface area contributed by atoms with Crippen LogP contribution < -0.4 is 4.74 Å². The van der Waals surface area contributed by atoms with E-state index in [4.69, 9.17) is 20.9 Å². The third-order valence-electron chi connectivity index (χ3n) is 5.32. The van der Waals surface area contributed by atoms with Gasteiger partial charge in [0, 0.05) is 0 Å². The topological polar surface area (TPSA) is 48.2 Å². The van der Waals surface area contributed by atoms with E-state index in [9.17, 15) is 0 Å². The van der Waals surface area contributed by atoms with Crippen LogP contribution in [-0.4, -0.2) is 16.7 Å². The van der Waals surface area contributed by atoms with Gasteiger partial charge in [0.2, 0.25) is 5.82 Å². The van der Waals surface area contributed by atoms with E-state index in [2.05, 4.69) is 10.1 Å². The van der Waals surface area contributed by atoms with Gasteiger partial charge in [-0.1, -0.05) is 41.7 Å². The second-order valence-electron chi connectivity index (χ2n) is 7.30. The van der Waals surface area contributed by atoms with Crippen LogP contribution in [0.4, 0.5) is 0 Å². The Morgan fingerprint density at radius 1 is 1.07 bits per heavy atom. The highest BCUT2D eigenvalue weighted by atomic mass is 35.5. The molecule has 0 spiro atoms. The number of benzene rings is 2. The highest BCUT2D eigenvalue weighted by Gasteiger charge is 2.19. The molecule has 1 saturated carbocycles. The smallest absolute Gasteiger partial charge is 0.259 e. The Bertz CT molecular complexity index is 945. The number of hydrogen-bond acceptors (Lipinski definition) is 4. The molecule has 3 aromatic rings. The van der Waals surface area contributed by atoms with Crippen molar-refractivity contribution in [3.8, 4) is 28.6 Å². The molecule has 0 radical (unpaired) electrons. The first-order valence-electron chi connectivity index (χ1n) is 9.45. The molecule has 27 heavy (non-hydrogen) atoms. The summed E-state index contributed by atoms with van der Waals surface area (Å²) in [6.07, 6.45) is 5.11. The lowest BCUT2D eigenvalue weighted by Crippen LogP contribution is -2.08.